The molecule has 0 rings (SSSR count). The van der Waals surface area contributed by atoms with Crippen molar-refractivity contribution < 1.29 is 0 Å². The zero-order valence-electron chi connectivity index (χ0n) is 8.20. The molecule has 0 aromatic carbocycles. The van der Waals surface area contributed by atoms with Crippen molar-refractivity contribution in [3.63, 3.8) is 0 Å². The Kier molecular flexibility index (Phi) is 5.00. The Morgan fingerprint density at radius 2 is 1.70 bits per heavy atom. The molecule has 0 saturated heterocycles. The summed E-state index contributed by atoms with van der Waals surface area (Å²) in [5, 5.41) is 0. The number of hydrogen-bond donors (Lipinski definition) is 0. The van der Waals surface area contributed by atoms with E-state index in [-0.39, 0.29) is 0 Å². The fourth-order valence-corrected chi connectivity index (χ4v) is 9.68. The van der Waals surface area contributed by atoms with Gasteiger partial charge >= 0.3 is 70.2 Å². The van der Waals surface area contributed by atoms with E-state index in [0.717, 1.165) is 3.93 Å². The van der Waals surface area contributed by atoms with E-state index in [0.29, 0.717) is 0 Å². The van der Waals surface area contributed by atoms with E-state index in [1.807, 2.05) is 0 Å². The van der Waals surface area contributed by atoms with Crippen molar-refractivity contribution in [1.29, 1.82) is 0 Å². The summed E-state index contributed by atoms with van der Waals surface area (Å²) < 4.78 is 2.65. The Hall–Kier alpha value is 0.799. The fourth-order valence-electron chi connectivity index (χ4n) is 1.44. The second-order valence-corrected chi connectivity index (χ2v) is 19.6. The molecule has 0 nitrogen and oxygen atoms in total. The van der Waals surface area contributed by atoms with Crippen LogP contribution >= 0.6 is 0 Å². The van der Waals surface area contributed by atoms with Crippen LogP contribution < -0.4 is 0 Å². The first-order chi connectivity index (χ1) is 4.54. The van der Waals surface area contributed by atoms with E-state index >= 15 is 0 Å². The monoisotopic (exact) mass is 250 g/mol. The molecular weight excluding hydrogens is 227 g/mol. The van der Waals surface area contributed by atoms with Gasteiger partial charge in [-0.2, -0.15) is 0 Å². The summed E-state index contributed by atoms with van der Waals surface area (Å²) in [7, 11) is 0. The average molecular weight is 249 g/mol. The van der Waals surface area contributed by atoms with Crippen LogP contribution in [0.1, 0.15) is 33.6 Å². The van der Waals surface area contributed by atoms with E-state index in [9.17, 15) is 0 Å². The summed E-state index contributed by atoms with van der Waals surface area (Å²) in [5.74, 6) is 0. The predicted molar refractivity (Wildman–Crippen MR) is 52.3 cm³/mol. The maximum atomic E-state index is 2.59. The minimum atomic E-state index is -1.51. The summed E-state index contributed by atoms with van der Waals surface area (Å²) in [6.45, 7) is 7.10. The Labute approximate surface area is 70.3 Å². The molecule has 0 aliphatic rings. The molecule has 0 N–H and O–H groups in total. The van der Waals surface area contributed by atoms with Gasteiger partial charge in [-0.1, -0.05) is 0 Å². The molecule has 0 aromatic rings. The van der Waals surface area contributed by atoms with Gasteiger partial charge in [-0.05, 0) is 0 Å². The van der Waals surface area contributed by atoms with Gasteiger partial charge in [0, 0.05) is 0 Å². The Morgan fingerprint density at radius 3 is 2.00 bits per heavy atom. The summed E-state index contributed by atoms with van der Waals surface area (Å²) in [5.41, 5.74) is 0. The third kappa shape index (κ3) is 3.27. The molecule has 0 heterocycles. The van der Waals surface area contributed by atoms with E-state index in [1.165, 1.54) is 12.8 Å². The van der Waals surface area contributed by atoms with Crippen molar-refractivity contribution in [2.75, 3.05) is 0 Å². The van der Waals surface area contributed by atoms with E-state index < -0.39 is 18.4 Å². The van der Waals surface area contributed by atoms with Crippen molar-refractivity contribution in [1.82, 2.24) is 0 Å². The summed E-state index contributed by atoms with van der Waals surface area (Å²) in [6.07, 6.45) is 2.82. The standard InChI is InChI=1S/C4H9.C3H7.2CH3.Sn/c1-3-4-2;1-3-2;;;/h3H,4H2,1-2H3;1,3H2,2H3;2*1H3;. The van der Waals surface area contributed by atoms with E-state index in [1.54, 1.807) is 4.44 Å². The Balaban J connectivity index is 3.82. The van der Waals surface area contributed by atoms with Crippen LogP contribution in [0.15, 0.2) is 0 Å². The van der Waals surface area contributed by atoms with Crippen LogP contribution in [0.3, 0.4) is 0 Å². The van der Waals surface area contributed by atoms with Gasteiger partial charge in [0.2, 0.25) is 0 Å². The first-order valence-corrected chi connectivity index (χ1v) is 13.9. The van der Waals surface area contributed by atoms with Gasteiger partial charge in [-0.3, -0.25) is 0 Å². The summed E-state index contributed by atoms with van der Waals surface area (Å²) >= 11 is -1.51. The maximum absolute atomic E-state index is 2.59. The predicted octanol–water partition coefficient (Wildman–Crippen LogP) is 3.90. The van der Waals surface area contributed by atoms with Crippen molar-refractivity contribution in [3.8, 4) is 0 Å². The van der Waals surface area contributed by atoms with Crippen molar-refractivity contribution in [2.24, 2.45) is 0 Å². The molecule has 10 heavy (non-hydrogen) atoms. The molecule has 0 radical (unpaired) electrons. The van der Waals surface area contributed by atoms with Crippen LogP contribution in [0.2, 0.25) is 18.2 Å². The normalized spacial score (nSPS) is 15.3. The second kappa shape index (κ2) is 4.63. The van der Waals surface area contributed by atoms with Gasteiger partial charge < -0.3 is 0 Å². The summed E-state index contributed by atoms with van der Waals surface area (Å²) in [6, 6.07) is 0. The molecule has 62 valence electrons. The van der Waals surface area contributed by atoms with Gasteiger partial charge in [0.1, 0.15) is 0 Å². The Bertz CT molecular complexity index is 86.7. The zero-order valence-corrected chi connectivity index (χ0v) is 11.1. The van der Waals surface area contributed by atoms with Gasteiger partial charge in [-0.25, -0.2) is 0 Å². The van der Waals surface area contributed by atoms with Crippen LogP contribution in [0.4, 0.5) is 0 Å². The van der Waals surface area contributed by atoms with Crippen LogP contribution in [0.25, 0.3) is 0 Å². The van der Waals surface area contributed by atoms with E-state index in [2.05, 4.69) is 30.7 Å². The topological polar surface area (TPSA) is 0 Å². The SMILES string of the molecule is CC[CH2][Sn]([CH3])([CH3])[CH](C)CC. The first kappa shape index (κ1) is 10.8. The first-order valence-electron chi connectivity index (χ1n) is 4.54. The summed E-state index contributed by atoms with van der Waals surface area (Å²) in [4.78, 5) is 5.18. The molecule has 1 unspecified atom stereocenters. The van der Waals surface area contributed by atoms with E-state index in [4.69, 9.17) is 0 Å². The molecule has 0 spiro atoms. The third-order valence-electron chi connectivity index (χ3n) is 2.84. The van der Waals surface area contributed by atoms with Gasteiger partial charge in [-0.15, -0.1) is 0 Å². The number of rotatable bonds is 4. The van der Waals surface area contributed by atoms with Gasteiger partial charge in [0.05, 0.1) is 0 Å². The quantitative estimate of drug-likeness (QED) is 0.662. The van der Waals surface area contributed by atoms with Crippen molar-refractivity contribution in [3.05, 3.63) is 0 Å². The Morgan fingerprint density at radius 1 is 1.20 bits per heavy atom. The molecule has 1 heteroatoms. The fraction of sp³-hybridized carbons (Fsp3) is 1.00. The molecule has 0 aliphatic carbocycles. The second-order valence-electron chi connectivity index (χ2n) is 4.05. The zero-order chi connectivity index (χ0) is 8.20. The number of hydrogen-bond acceptors (Lipinski definition) is 0. The minimum absolute atomic E-state index is 1.08. The van der Waals surface area contributed by atoms with Gasteiger partial charge in [0.25, 0.3) is 0 Å². The van der Waals surface area contributed by atoms with Crippen molar-refractivity contribution >= 4 is 18.4 Å². The molecule has 0 fully saturated rings. The van der Waals surface area contributed by atoms with Crippen LogP contribution in [-0.4, -0.2) is 18.4 Å². The van der Waals surface area contributed by atoms with Crippen LogP contribution in [-0.2, 0) is 0 Å². The molecule has 0 aromatic heterocycles. The molecule has 0 bridgehead atoms. The van der Waals surface area contributed by atoms with Gasteiger partial charge in [0.15, 0.2) is 0 Å². The average Bonchev–Trinajstić information content (AvgIpc) is 1.86. The molecule has 0 amide bonds. The molecule has 1 atom stereocenters. The van der Waals surface area contributed by atoms with Crippen LogP contribution in [0.5, 0.6) is 0 Å². The molecule has 0 aliphatic heterocycles. The van der Waals surface area contributed by atoms with Crippen LogP contribution in [0, 0.1) is 0 Å². The van der Waals surface area contributed by atoms with Crippen molar-refractivity contribution in [2.45, 2.75) is 51.9 Å². The molecular formula is C9H22Sn. The third-order valence-corrected chi connectivity index (χ3v) is 16.7. The molecule has 0 saturated carbocycles.